The SMILES string of the molecule is Oc1ccc2c3c1O[C@H]1[C@H](N(CCCl)CCCl)CC[C@@]4(O)C(C2)N(CC2CC2)CCC314. The Morgan fingerprint density at radius 1 is 1.13 bits per heavy atom. The van der Waals surface area contributed by atoms with Crippen LogP contribution in [0, 0.1) is 5.92 Å². The molecule has 5 nitrogen and oxygen atoms in total. The molecule has 3 aliphatic carbocycles. The molecule has 0 radical (unpaired) electrons. The van der Waals surface area contributed by atoms with Gasteiger partial charge in [-0.05, 0) is 62.6 Å². The number of hydrogen-bond donors (Lipinski definition) is 2. The molecule has 0 amide bonds. The maximum Gasteiger partial charge on any atom is 0.165 e. The van der Waals surface area contributed by atoms with Crippen molar-refractivity contribution in [1.82, 2.24) is 9.80 Å². The van der Waals surface area contributed by atoms with Crippen LogP contribution in [0.5, 0.6) is 11.5 Å². The van der Waals surface area contributed by atoms with Gasteiger partial charge in [-0.3, -0.25) is 9.80 Å². The molecule has 1 aromatic carbocycles. The van der Waals surface area contributed by atoms with Crippen molar-refractivity contribution in [2.75, 3.05) is 37.9 Å². The number of halogens is 2. The largest absolute Gasteiger partial charge is 0.504 e. The van der Waals surface area contributed by atoms with Crippen LogP contribution in [-0.2, 0) is 11.8 Å². The molecule has 3 fully saturated rings. The third-order valence-electron chi connectivity index (χ3n) is 8.94. The predicted octanol–water partition coefficient (Wildman–Crippen LogP) is 3.10. The lowest BCUT2D eigenvalue weighted by atomic mass is 9.48. The third-order valence-corrected chi connectivity index (χ3v) is 9.28. The van der Waals surface area contributed by atoms with Crippen molar-refractivity contribution in [2.24, 2.45) is 5.92 Å². The second-order valence-corrected chi connectivity index (χ2v) is 11.1. The lowest BCUT2D eigenvalue weighted by molar-refractivity contribution is -0.200. The summed E-state index contributed by atoms with van der Waals surface area (Å²) in [6, 6.07) is 4.09. The Hall–Kier alpha value is -0.720. The Bertz CT molecular complexity index is 875. The number of aliphatic hydroxyl groups is 1. The van der Waals surface area contributed by atoms with Crippen molar-refractivity contribution < 1.29 is 14.9 Å². The highest BCUT2D eigenvalue weighted by Gasteiger charge is 2.73. The zero-order chi connectivity index (χ0) is 21.4. The summed E-state index contributed by atoms with van der Waals surface area (Å²) in [5.74, 6) is 2.68. The predicted molar refractivity (Wildman–Crippen MR) is 122 cm³/mol. The Balaban J connectivity index is 1.47. The summed E-state index contributed by atoms with van der Waals surface area (Å²) in [6.07, 6.45) is 5.76. The molecule has 170 valence electrons. The summed E-state index contributed by atoms with van der Waals surface area (Å²) >= 11 is 12.3. The monoisotopic (exact) mass is 466 g/mol. The molecule has 0 aromatic heterocycles. The maximum atomic E-state index is 12.5. The van der Waals surface area contributed by atoms with Gasteiger partial charge in [0.1, 0.15) is 6.10 Å². The minimum absolute atomic E-state index is 0.117. The van der Waals surface area contributed by atoms with Gasteiger partial charge in [-0.1, -0.05) is 6.07 Å². The van der Waals surface area contributed by atoms with Crippen LogP contribution in [0.3, 0.4) is 0 Å². The van der Waals surface area contributed by atoms with Gasteiger partial charge in [-0.2, -0.15) is 0 Å². The van der Waals surface area contributed by atoms with Crippen LogP contribution < -0.4 is 4.74 Å². The van der Waals surface area contributed by atoms with E-state index >= 15 is 0 Å². The number of phenolic OH excluding ortho intramolecular Hbond substituents is 1. The number of piperidine rings is 1. The van der Waals surface area contributed by atoms with Crippen LogP contribution in [0.15, 0.2) is 12.1 Å². The van der Waals surface area contributed by atoms with E-state index in [0.717, 1.165) is 63.3 Å². The van der Waals surface area contributed by atoms with Gasteiger partial charge in [-0.25, -0.2) is 0 Å². The number of phenols is 1. The van der Waals surface area contributed by atoms with E-state index in [-0.39, 0.29) is 23.9 Å². The smallest absolute Gasteiger partial charge is 0.165 e. The molecule has 31 heavy (non-hydrogen) atoms. The summed E-state index contributed by atoms with van der Waals surface area (Å²) in [7, 11) is 0. The first-order valence-corrected chi connectivity index (χ1v) is 12.9. The Morgan fingerprint density at radius 3 is 2.61 bits per heavy atom. The number of benzene rings is 1. The average Bonchev–Trinajstić information content (AvgIpc) is 3.49. The first-order valence-electron chi connectivity index (χ1n) is 11.9. The quantitative estimate of drug-likeness (QED) is 0.604. The average molecular weight is 467 g/mol. The molecule has 1 saturated heterocycles. The molecule has 1 aromatic rings. The van der Waals surface area contributed by atoms with Gasteiger partial charge in [-0.15, -0.1) is 23.2 Å². The third kappa shape index (κ3) is 2.80. The number of likely N-dealkylation sites (tertiary alicyclic amines) is 1. The van der Waals surface area contributed by atoms with Crippen molar-refractivity contribution in [3.05, 3.63) is 23.3 Å². The van der Waals surface area contributed by atoms with Gasteiger partial charge < -0.3 is 14.9 Å². The van der Waals surface area contributed by atoms with Crippen molar-refractivity contribution in [2.45, 2.75) is 67.7 Å². The van der Waals surface area contributed by atoms with E-state index in [9.17, 15) is 10.2 Å². The lowest BCUT2D eigenvalue weighted by Gasteiger charge is -2.65. The molecule has 2 N–H and O–H groups in total. The minimum atomic E-state index is -0.832. The van der Waals surface area contributed by atoms with Crippen LogP contribution in [0.1, 0.15) is 43.2 Å². The van der Waals surface area contributed by atoms with E-state index in [1.807, 2.05) is 0 Å². The molecule has 2 unspecified atom stereocenters. The van der Waals surface area contributed by atoms with Gasteiger partial charge in [0, 0.05) is 49.0 Å². The van der Waals surface area contributed by atoms with E-state index in [4.69, 9.17) is 27.9 Å². The van der Waals surface area contributed by atoms with Crippen molar-refractivity contribution >= 4 is 23.2 Å². The van der Waals surface area contributed by atoms with Gasteiger partial charge in [0.15, 0.2) is 11.5 Å². The molecule has 2 heterocycles. The van der Waals surface area contributed by atoms with Crippen LogP contribution >= 0.6 is 23.2 Å². The fourth-order valence-electron chi connectivity index (χ4n) is 7.49. The fourth-order valence-corrected chi connectivity index (χ4v) is 7.92. The first-order chi connectivity index (χ1) is 15.0. The zero-order valence-electron chi connectivity index (χ0n) is 17.9. The summed E-state index contributed by atoms with van der Waals surface area (Å²) < 4.78 is 6.63. The molecule has 6 rings (SSSR count). The normalized spacial score (nSPS) is 38.3. The number of aromatic hydroxyl groups is 1. The summed E-state index contributed by atoms with van der Waals surface area (Å²) in [4.78, 5) is 4.92. The molecule has 5 aliphatic rings. The second-order valence-electron chi connectivity index (χ2n) is 10.3. The van der Waals surface area contributed by atoms with Gasteiger partial charge >= 0.3 is 0 Å². The number of hydrogen-bond acceptors (Lipinski definition) is 5. The van der Waals surface area contributed by atoms with Crippen LogP contribution in [0.4, 0.5) is 0 Å². The first kappa shape index (κ1) is 20.9. The highest BCUT2D eigenvalue weighted by Crippen LogP contribution is 2.66. The van der Waals surface area contributed by atoms with Crippen molar-refractivity contribution in [1.29, 1.82) is 0 Å². The van der Waals surface area contributed by atoms with Crippen LogP contribution in [0.25, 0.3) is 0 Å². The van der Waals surface area contributed by atoms with Gasteiger partial charge in [0.05, 0.1) is 11.0 Å². The minimum Gasteiger partial charge on any atom is -0.504 e. The summed E-state index contributed by atoms with van der Waals surface area (Å²) in [6.45, 7) is 3.58. The number of rotatable bonds is 7. The molecular formula is C24H32Cl2N2O3. The van der Waals surface area contributed by atoms with E-state index in [2.05, 4.69) is 15.9 Å². The maximum absolute atomic E-state index is 12.5. The molecule has 5 atom stereocenters. The molecule has 2 bridgehead atoms. The van der Waals surface area contributed by atoms with Crippen LogP contribution in [0.2, 0.25) is 0 Å². The number of nitrogens with zero attached hydrogens (tertiary/aromatic N) is 2. The topological polar surface area (TPSA) is 56.2 Å². The molecule has 2 aliphatic heterocycles. The van der Waals surface area contributed by atoms with Gasteiger partial charge in [0.25, 0.3) is 0 Å². The zero-order valence-corrected chi connectivity index (χ0v) is 19.4. The molecule has 2 saturated carbocycles. The van der Waals surface area contributed by atoms with E-state index in [1.54, 1.807) is 6.07 Å². The second kappa shape index (κ2) is 7.39. The lowest BCUT2D eigenvalue weighted by Crippen LogP contribution is -2.78. The highest BCUT2D eigenvalue weighted by atomic mass is 35.5. The van der Waals surface area contributed by atoms with E-state index in [0.29, 0.717) is 17.5 Å². The summed E-state index contributed by atoms with van der Waals surface area (Å²) in [5, 5.41) is 23.2. The molecular weight excluding hydrogens is 435 g/mol. The molecule has 7 heteroatoms. The van der Waals surface area contributed by atoms with Crippen molar-refractivity contribution in [3.8, 4) is 11.5 Å². The standard InChI is InChI=1S/C24H32Cl2N2O3/c25-8-11-27(12-9-26)17-5-6-24(30)19-13-16-3-4-18(29)21-20(16)23(24,22(17)31-21)7-10-28(19)14-15-1-2-15/h3-4,15,17,19,22,29-30H,1-2,5-14H2/t17-,19?,22+,23?,24-/m1/s1. The number of alkyl halides is 2. The van der Waals surface area contributed by atoms with Crippen molar-refractivity contribution in [3.63, 3.8) is 0 Å². The Morgan fingerprint density at radius 2 is 1.90 bits per heavy atom. The van der Waals surface area contributed by atoms with E-state index < -0.39 is 11.0 Å². The number of ether oxygens (including phenoxy) is 1. The fraction of sp³-hybridized carbons (Fsp3) is 0.750. The Labute approximate surface area is 194 Å². The van der Waals surface area contributed by atoms with Gasteiger partial charge in [0.2, 0.25) is 0 Å². The molecule has 1 spiro atoms. The van der Waals surface area contributed by atoms with E-state index in [1.165, 1.54) is 18.4 Å². The highest BCUT2D eigenvalue weighted by molar-refractivity contribution is 6.18. The summed E-state index contributed by atoms with van der Waals surface area (Å²) in [5.41, 5.74) is 1.02. The van der Waals surface area contributed by atoms with Crippen LogP contribution in [-0.4, -0.2) is 81.7 Å². The Kier molecular flexibility index (Phi) is 4.97.